The molecule has 1 aliphatic carbocycles. The molecule has 172 valence electrons. The summed E-state index contributed by atoms with van der Waals surface area (Å²) in [6.45, 7) is 8.29. The number of fused-ring (bicyclic) bond motifs is 1. The molecule has 0 amide bonds. The van der Waals surface area contributed by atoms with Gasteiger partial charge in [-0.3, -0.25) is 9.48 Å². The second-order valence-electron chi connectivity index (χ2n) is 9.97. The molecule has 4 rings (SSSR count). The highest BCUT2D eigenvalue weighted by Gasteiger charge is 2.29. The van der Waals surface area contributed by atoms with Crippen LogP contribution in [-0.2, 0) is 16.3 Å². The Morgan fingerprint density at radius 3 is 2.78 bits per heavy atom. The molecule has 32 heavy (non-hydrogen) atoms. The van der Waals surface area contributed by atoms with Crippen LogP contribution in [0.1, 0.15) is 38.1 Å². The fourth-order valence-corrected chi connectivity index (χ4v) is 5.42. The standard InChI is InChI=1S/C23H32ClN5O2Si/c1-32(2,3)11-10-31-16-28-9-8-19-22(25-15-26-23(19)28)18-13-27-29(14-18)20(12-21(24)30)17-6-4-5-7-17/h8-9,13-15,17,20H,4-7,10-12,16H2,1-3H3/t20-/m1/s1. The quantitative estimate of drug-likeness (QED) is 0.221. The van der Waals surface area contributed by atoms with E-state index in [4.69, 9.17) is 16.3 Å². The van der Waals surface area contributed by atoms with Crippen LogP contribution in [0.3, 0.4) is 0 Å². The van der Waals surface area contributed by atoms with Crippen LogP contribution in [0, 0.1) is 5.92 Å². The number of hydrogen-bond donors (Lipinski definition) is 0. The molecule has 0 unspecified atom stereocenters. The number of aromatic nitrogens is 5. The monoisotopic (exact) mass is 473 g/mol. The Morgan fingerprint density at radius 2 is 2.06 bits per heavy atom. The zero-order chi connectivity index (χ0) is 22.7. The predicted octanol–water partition coefficient (Wildman–Crippen LogP) is 5.49. The third-order valence-electron chi connectivity index (χ3n) is 6.31. The van der Waals surface area contributed by atoms with E-state index in [2.05, 4.69) is 34.7 Å². The van der Waals surface area contributed by atoms with Crippen molar-refractivity contribution in [3.05, 3.63) is 31.0 Å². The van der Waals surface area contributed by atoms with E-state index in [1.54, 1.807) is 6.33 Å². The van der Waals surface area contributed by atoms with Crippen molar-refractivity contribution in [2.45, 2.75) is 70.6 Å². The lowest BCUT2D eigenvalue weighted by Gasteiger charge is -2.22. The lowest BCUT2D eigenvalue weighted by Crippen LogP contribution is -2.22. The molecule has 0 bridgehead atoms. The second kappa shape index (κ2) is 9.85. The average molecular weight is 474 g/mol. The van der Waals surface area contributed by atoms with Gasteiger partial charge in [-0.2, -0.15) is 5.10 Å². The van der Waals surface area contributed by atoms with Gasteiger partial charge in [-0.15, -0.1) is 0 Å². The molecule has 3 aromatic rings. The molecule has 1 atom stereocenters. The van der Waals surface area contributed by atoms with Crippen molar-refractivity contribution < 1.29 is 9.53 Å². The minimum Gasteiger partial charge on any atom is -0.361 e. The normalized spacial score (nSPS) is 16.1. The zero-order valence-corrected chi connectivity index (χ0v) is 20.9. The molecule has 1 saturated carbocycles. The van der Waals surface area contributed by atoms with Gasteiger partial charge in [-0.1, -0.05) is 32.5 Å². The molecule has 0 radical (unpaired) electrons. The minimum atomic E-state index is -1.11. The largest absolute Gasteiger partial charge is 0.361 e. The summed E-state index contributed by atoms with van der Waals surface area (Å²) in [5.74, 6) is 0.435. The summed E-state index contributed by atoms with van der Waals surface area (Å²) in [4.78, 5) is 20.7. The molecule has 1 aliphatic rings. The highest BCUT2D eigenvalue weighted by atomic mass is 35.5. The van der Waals surface area contributed by atoms with E-state index in [0.29, 0.717) is 19.1 Å². The minimum absolute atomic E-state index is 0.00190. The van der Waals surface area contributed by atoms with Crippen LogP contribution < -0.4 is 0 Å². The van der Waals surface area contributed by atoms with Crippen LogP contribution in [-0.4, -0.2) is 44.2 Å². The first-order valence-electron chi connectivity index (χ1n) is 11.4. The summed E-state index contributed by atoms with van der Waals surface area (Å²) < 4.78 is 9.84. The van der Waals surface area contributed by atoms with Gasteiger partial charge < -0.3 is 9.30 Å². The summed E-state index contributed by atoms with van der Waals surface area (Å²) in [5.41, 5.74) is 2.60. The molecular formula is C23H32ClN5O2Si. The van der Waals surface area contributed by atoms with Gasteiger partial charge in [0.1, 0.15) is 18.7 Å². The fraction of sp³-hybridized carbons (Fsp3) is 0.565. The molecule has 3 heterocycles. The summed E-state index contributed by atoms with van der Waals surface area (Å²) >= 11 is 5.77. The van der Waals surface area contributed by atoms with Crippen molar-refractivity contribution in [1.82, 2.24) is 24.3 Å². The van der Waals surface area contributed by atoms with Crippen molar-refractivity contribution in [1.29, 1.82) is 0 Å². The van der Waals surface area contributed by atoms with E-state index < -0.39 is 8.07 Å². The summed E-state index contributed by atoms with van der Waals surface area (Å²) in [6, 6.07) is 3.16. The molecule has 0 aromatic carbocycles. The van der Waals surface area contributed by atoms with Crippen LogP contribution in [0.5, 0.6) is 0 Å². The number of rotatable bonds is 10. The van der Waals surface area contributed by atoms with Crippen molar-refractivity contribution in [3.63, 3.8) is 0 Å². The van der Waals surface area contributed by atoms with Crippen LogP contribution in [0.15, 0.2) is 31.0 Å². The number of nitrogens with zero attached hydrogens (tertiary/aromatic N) is 5. The Balaban J connectivity index is 1.54. The fourth-order valence-electron chi connectivity index (χ4n) is 4.50. The topological polar surface area (TPSA) is 74.8 Å². The van der Waals surface area contributed by atoms with E-state index in [9.17, 15) is 4.79 Å². The molecule has 9 heteroatoms. The van der Waals surface area contributed by atoms with Gasteiger partial charge in [-0.05, 0) is 42.5 Å². The number of ether oxygens (including phenoxy) is 1. The Kier molecular flexibility index (Phi) is 7.12. The first-order valence-corrected chi connectivity index (χ1v) is 15.5. The molecule has 3 aromatic heterocycles. The molecule has 7 nitrogen and oxygen atoms in total. The third-order valence-corrected chi connectivity index (χ3v) is 8.17. The maximum Gasteiger partial charge on any atom is 0.223 e. The molecule has 0 spiro atoms. The molecule has 0 aliphatic heterocycles. The molecule has 0 saturated heterocycles. The van der Waals surface area contributed by atoms with Gasteiger partial charge in [-0.25, -0.2) is 9.97 Å². The van der Waals surface area contributed by atoms with E-state index in [-0.39, 0.29) is 11.3 Å². The second-order valence-corrected chi connectivity index (χ2v) is 16.0. The average Bonchev–Trinajstić information content (AvgIpc) is 3.49. The van der Waals surface area contributed by atoms with Crippen LogP contribution in [0.2, 0.25) is 25.7 Å². The van der Waals surface area contributed by atoms with Gasteiger partial charge in [0.05, 0.1) is 17.9 Å². The van der Waals surface area contributed by atoms with E-state index in [0.717, 1.165) is 47.8 Å². The van der Waals surface area contributed by atoms with E-state index in [1.807, 2.05) is 33.9 Å². The Bertz CT molecular complexity index is 1070. The Labute approximate surface area is 195 Å². The van der Waals surface area contributed by atoms with E-state index in [1.165, 1.54) is 12.8 Å². The van der Waals surface area contributed by atoms with Crippen LogP contribution >= 0.6 is 11.6 Å². The van der Waals surface area contributed by atoms with Crippen molar-refractivity contribution >= 4 is 36.0 Å². The van der Waals surface area contributed by atoms with Crippen molar-refractivity contribution in [2.24, 2.45) is 5.92 Å². The van der Waals surface area contributed by atoms with Crippen molar-refractivity contribution in [3.8, 4) is 11.3 Å². The summed E-state index contributed by atoms with van der Waals surface area (Å²) in [6.07, 6.45) is 12.3. The number of halogens is 1. The summed E-state index contributed by atoms with van der Waals surface area (Å²) in [5, 5.41) is 5.26. The predicted molar refractivity (Wildman–Crippen MR) is 129 cm³/mol. The van der Waals surface area contributed by atoms with Crippen molar-refractivity contribution in [2.75, 3.05) is 6.61 Å². The van der Waals surface area contributed by atoms with Gasteiger partial charge in [0, 0.05) is 44.4 Å². The maximum atomic E-state index is 11.7. The highest BCUT2D eigenvalue weighted by Crippen LogP contribution is 2.37. The first kappa shape index (κ1) is 23.1. The number of carbonyl (C=O) groups excluding carboxylic acids is 1. The lowest BCUT2D eigenvalue weighted by atomic mass is 9.96. The van der Waals surface area contributed by atoms with Gasteiger partial charge in [0.15, 0.2) is 0 Å². The van der Waals surface area contributed by atoms with E-state index >= 15 is 0 Å². The van der Waals surface area contributed by atoms with Gasteiger partial charge in [0.25, 0.3) is 0 Å². The van der Waals surface area contributed by atoms with Gasteiger partial charge in [0.2, 0.25) is 5.24 Å². The van der Waals surface area contributed by atoms with Gasteiger partial charge >= 0.3 is 0 Å². The molecular weight excluding hydrogens is 442 g/mol. The first-order chi connectivity index (χ1) is 15.3. The Hall–Kier alpha value is -2.03. The zero-order valence-electron chi connectivity index (χ0n) is 19.1. The Morgan fingerprint density at radius 1 is 1.28 bits per heavy atom. The number of carbonyl (C=O) groups is 1. The number of hydrogen-bond acceptors (Lipinski definition) is 5. The highest BCUT2D eigenvalue weighted by molar-refractivity contribution is 6.76. The third kappa shape index (κ3) is 5.47. The molecule has 1 fully saturated rings. The van der Waals surface area contributed by atoms with Crippen LogP contribution in [0.4, 0.5) is 0 Å². The molecule has 0 N–H and O–H groups in total. The maximum absolute atomic E-state index is 11.7. The lowest BCUT2D eigenvalue weighted by molar-refractivity contribution is -0.112. The SMILES string of the molecule is C[Si](C)(C)CCOCn1ccc2c(-c3cnn([C@H](CC(=O)Cl)C4CCCC4)c3)ncnc21. The van der Waals surface area contributed by atoms with Crippen LogP contribution in [0.25, 0.3) is 22.3 Å². The smallest absolute Gasteiger partial charge is 0.223 e. The summed E-state index contributed by atoms with van der Waals surface area (Å²) in [7, 11) is -1.11.